The van der Waals surface area contributed by atoms with E-state index in [-0.39, 0.29) is 0 Å². The van der Waals surface area contributed by atoms with E-state index in [9.17, 15) is 0 Å². The largest absolute Gasteiger partial charge is 0.497 e. The Balaban J connectivity index is 1.48. The summed E-state index contributed by atoms with van der Waals surface area (Å²) >= 11 is 7.36. The summed E-state index contributed by atoms with van der Waals surface area (Å²) in [5.41, 5.74) is 1.31. The van der Waals surface area contributed by atoms with Gasteiger partial charge in [0, 0.05) is 23.7 Å². The van der Waals surface area contributed by atoms with Crippen molar-refractivity contribution in [3.63, 3.8) is 0 Å². The first kappa shape index (κ1) is 21.9. The van der Waals surface area contributed by atoms with Gasteiger partial charge in [0.15, 0.2) is 5.11 Å². The van der Waals surface area contributed by atoms with Crippen molar-refractivity contribution in [3.8, 4) is 5.75 Å². The molecule has 3 rings (SSSR count). The van der Waals surface area contributed by atoms with Crippen molar-refractivity contribution in [2.75, 3.05) is 39.0 Å². The van der Waals surface area contributed by atoms with E-state index in [2.05, 4.69) is 51.9 Å². The predicted molar refractivity (Wildman–Crippen MR) is 127 cm³/mol. The molecule has 0 bridgehead atoms. The molecule has 4 nitrogen and oxygen atoms in total. The fraction of sp³-hybridized carbons (Fsp3) is 0.435. The van der Waals surface area contributed by atoms with Crippen molar-refractivity contribution >= 4 is 29.1 Å². The molecule has 0 aliphatic carbocycles. The van der Waals surface area contributed by atoms with Gasteiger partial charge in [-0.1, -0.05) is 36.8 Å². The molecule has 29 heavy (non-hydrogen) atoms. The Labute approximate surface area is 184 Å². The molecule has 0 saturated carbocycles. The van der Waals surface area contributed by atoms with Gasteiger partial charge in [-0.25, -0.2) is 0 Å². The van der Waals surface area contributed by atoms with Gasteiger partial charge in [0.2, 0.25) is 0 Å². The molecule has 2 aromatic carbocycles. The summed E-state index contributed by atoms with van der Waals surface area (Å²) in [6.45, 7) is 3.95. The second kappa shape index (κ2) is 12.1. The molecule has 1 fully saturated rings. The van der Waals surface area contributed by atoms with Crippen LogP contribution in [0.2, 0.25) is 0 Å². The van der Waals surface area contributed by atoms with E-state index in [4.69, 9.17) is 17.0 Å². The van der Waals surface area contributed by atoms with Crippen LogP contribution in [0.4, 0.5) is 0 Å². The first-order chi connectivity index (χ1) is 14.3. The van der Waals surface area contributed by atoms with E-state index in [0.717, 1.165) is 42.8 Å². The summed E-state index contributed by atoms with van der Waals surface area (Å²) in [5.74, 6) is 1.88. The monoisotopic (exact) mass is 429 g/mol. The lowest BCUT2D eigenvalue weighted by atomic mass is 10.0. The number of nitrogens with one attached hydrogen (secondary N) is 2. The smallest absolute Gasteiger partial charge is 0.166 e. The highest BCUT2D eigenvalue weighted by molar-refractivity contribution is 7.99. The Bertz CT molecular complexity index is 734. The van der Waals surface area contributed by atoms with Gasteiger partial charge in [-0.05, 0) is 68.0 Å². The molecule has 1 heterocycles. The first-order valence-corrected chi connectivity index (χ1v) is 11.7. The summed E-state index contributed by atoms with van der Waals surface area (Å²) in [7, 11) is 1.71. The molecule has 0 radical (unpaired) electrons. The minimum Gasteiger partial charge on any atom is -0.497 e. The predicted octanol–water partition coefficient (Wildman–Crippen LogP) is 4.48. The van der Waals surface area contributed by atoms with Crippen LogP contribution in [0.1, 0.15) is 30.9 Å². The molecule has 1 aliphatic heterocycles. The van der Waals surface area contributed by atoms with E-state index in [1.807, 2.05) is 30.0 Å². The second-order valence-electron chi connectivity index (χ2n) is 7.18. The van der Waals surface area contributed by atoms with Gasteiger partial charge in [-0.2, -0.15) is 0 Å². The number of benzene rings is 2. The normalized spacial score (nSPS) is 15.5. The van der Waals surface area contributed by atoms with Crippen LogP contribution >= 0.6 is 24.0 Å². The van der Waals surface area contributed by atoms with Crippen molar-refractivity contribution in [1.29, 1.82) is 0 Å². The number of hydrogen-bond donors (Lipinski definition) is 2. The zero-order valence-corrected chi connectivity index (χ0v) is 18.7. The average molecular weight is 430 g/mol. The molecule has 0 aromatic heterocycles. The Morgan fingerprint density at radius 2 is 1.76 bits per heavy atom. The number of nitrogens with zero attached hydrogens (tertiary/aromatic N) is 1. The van der Waals surface area contributed by atoms with Gasteiger partial charge in [0.25, 0.3) is 0 Å². The van der Waals surface area contributed by atoms with Gasteiger partial charge in [-0.15, -0.1) is 11.8 Å². The number of hydrogen-bond acceptors (Lipinski definition) is 4. The number of likely N-dealkylation sites (tertiary alicyclic amines) is 1. The molecule has 2 aromatic rings. The van der Waals surface area contributed by atoms with Gasteiger partial charge in [-0.3, -0.25) is 4.90 Å². The molecular weight excluding hydrogens is 398 g/mol. The van der Waals surface area contributed by atoms with E-state index in [1.54, 1.807) is 7.11 Å². The minimum atomic E-state index is 0.319. The van der Waals surface area contributed by atoms with Gasteiger partial charge in [0.05, 0.1) is 13.2 Å². The first-order valence-electron chi connectivity index (χ1n) is 10.3. The lowest BCUT2D eigenvalue weighted by Crippen LogP contribution is -2.44. The third kappa shape index (κ3) is 7.21. The summed E-state index contributed by atoms with van der Waals surface area (Å²) in [6, 6.07) is 19.2. The van der Waals surface area contributed by atoms with Crippen molar-refractivity contribution in [3.05, 3.63) is 60.2 Å². The van der Waals surface area contributed by atoms with Crippen LogP contribution in [0.15, 0.2) is 59.5 Å². The summed E-state index contributed by atoms with van der Waals surface area (Å²) in [4.78, 5) is 3.87. The highest BCUT2D eigenvalue weighted by atomic mass is 32.2. The standard InChI is InChI=1S/C23H31N3OS2/c1-27-20-12-10-19(11-13-20)22(26-15-6-3-7-16-26)18-25-23(28)24-14-17-29-21-8-4-2-5-9-21/h2,4-5,8-13,22H,3,6-7,14-18H2,1H3,(H2,24,25,28). The van der Waals surface area contributed by atoms with Crippen LogP contribution < -0.4 is 15.4 Å². The topological polar surface area (TPSA) is 36.5 Å². The minimum absolute atomic E-state index is 0.319. The van der Waals surface area contributed by atoms with Crippen molar-refractivity contribution in [1.82, 2.24) is 15.5 Å². The number of thiocarbonyl (C=S) groups is 1. The van der Waals surface area contributed by atoms with Crippen LogP contribution in [0.25, 0.3) is 0 Å². The van der Waals surface area contributed by atoms with Crippen LogP contribution in [0.5, 0.6) is 5.75 Å². The maximum Gasteiger partial charge on any atom is 0.166 e. The number of methoxy groups -OCH3 is 1. The van der Waals surface area contributed by atoms with E-state index in [1.165, 1.54) is 29.7 Å². The molecule has 1 unspecified atom stereocenters. The van der Waals surface area contributed by atoms with Gasteiger partial charge in [0.1, 0.15) is 5.75 Å². The molecule has 2 N–H and O–H groups in total. The molecule has 1 saturated heterocycles. The second-order valence-corrected chi connectivity index (χ2v) is 8.76. The highest BCUT2D eigenvalue weighted by Gasteiger charge is 2.22. The van der Waals surface area contributed by atoms with Crippen molar-refractivity contribution in [2.24, 2.45) is 0 Å². The third-order valence-electron chi connectivity index (χ3n) is 5.19. The van der Waals surface area contributed by atoms with Crippen LogP contribution in [-0.2, 0) is 0 Å². The highest BCUT2D eigenvalue weighted by Crippen LogP contribution is 2.25. The van der Waals surface area contributed by atoms with E-state index in [0.29, 0.717) is 6.04 Å². The molecule has 1 atom stereocenters. The summed E-state index contributed by atoms with van der Waals surface area (Å²) in [5, 5.41) is 7.52. The van der Waals surface area contributed by atoms with Crippen molar-refractivity contribution in [2.45, 2.75) is 30.2 Å². The Morgan fingerprint density at radius 1 is 1.03 bits per heavy atom. The van der Waals surface area contributed by atoms with Crippen LogP contribution in [0.3, 0.4) is 0 Å². The Kier molecular flexibility index (Phi) is 9.12. The quantitative estimate of drug-likeness (QED) is 0.348. The Morgan fingerprint density at radius 3 is 2.45 bits per heavy atom. The molecule has 6 heteroatoms. The number of rotatable bonds is 9. The number of ether oxygens (including phenoxy) is 1. The average Bonchev–Trinajstić information content (AvgIpc) is 2.79. The number of piperidine rings is 1. The Hall–Kier alpha value is -1.76. The zero-order valence-electron chi connectivity index (χ0n) is 17.1. The third-order valence-corrected chi connectivity index (χ3v) is 6.49. The molecule has 1 aliphatic rings. The fourth-order valence-corrected chi connectivity index (χ4v) is 4.59. The van der Waals surface area contributed by atoms with Crippen LogP contribution in [-0.4, -0.2) is 49.1 Å². The molecular formula is C23H31N3OS2. The van der Waals surface area contributed by atoms with E-state index < -0.39 is 0 Å². The molecule has 0 spiro atoms. The summed E-state index contributed by atoms with van der Waals surface area (Å²) < 4.78 is 5.32. The molecule has 0 amide bonds. The van der Waals surface area contributed by atoms with E-state index >= 15 is 0 Å². The maximum absolute atomic E-state index is 5.52. The SMILES string of the molecule is COc1ccc(C(CNC(=S)NCCSc2ccccc2)N2CCCCC2)cc1. The van der Waals surface area contributed by atoms with Crippen LogP contribution in [0, 0.1) is 0 Å². The summed E-state index contributed by atoms with van der Waals surface area (Å²) in [6.07, 6.45) is 3.87. The van der Waals surface area contributed by atoms with Crippen molar-refractivity contribution < 1.29 is 4.74 Å². The fourth-order valence-electron chi connectivity index (χ4n) is 3.62. The maximum atomic E-state index is 5.52. The van der Waals surface area contributed by atoms with Gasteiger partial charge < -0.3 is 15.4 Å². The zero-order chi connectivity index (χ0) is 20.3. The number of thioether (sulfide) groups is 1. The molecule has 156 valence electrons. The van der Waals surface area contributed by atoms with Gasteiger partial charge >= 0.3 is 0 Å². The lowest BCUT2D eigenvalue weighted by Gasteiger charge is -2.35. The lowest BCUT2D eigenvalue weighted by molar-refractivity contribution is 0.164.